The van der Waals surface area contributed by atoms with Crippen LogP contribution in [0.1, 0.15) is 77.6 Å². The summed E-state index contributed by atoms with van der Waals surface area (Å²) in [5, 5.41) is 14.7. The molecule has 0 fully saturated rings. The maximum Gasteiger partial charge on any atom is 0.417 e. The fraction of sp³-hybridized carbons (Fsp3) is 0.289. The van der Waals surface area contributed by atoms with Gasteiger partial charge in [-0.3, -0.25) is 4.79 Å². The van der Waals surface area contributed by atoms with Gasteiger partial charge >= 0.3 is 6.18 Å². The molecule has 0 aliphatic heterocycles. The fourth-order valence-electron chi connectivity index (χ4n) is 6.97. The number of aliphatic hydroxyl groups excluding tert-OH is 1. The van der Waals surface area contributed by atoms with Crippen molar-refractivity contribution in [3.63, 3.8) is 0 Å². The zero-order valence-electron chi connectivity index (χ0n) is 30.9. The van der Waals surface area contributed by atoms with Crippen LogP contribution in [-0.4, -0.2) is 15.9 Å². The molecule has 0 saturated carbocycles. The molecule has 1 radical (unpaired) electrons. The van der Waals surface area contributed by atoms with E-state index in [0.29, 0.717) is 5.39 Å². The summed E-state index contributed by atoms with van der Waals surface area (Å²) in [7, 11) is 0. The Hall–Kier alpha value is -4.32. The average molecular weight is 879 g/mol. The number of nitrogens with zero attached hydrogens (tertiary/aromatic N) is 1. The van der Waals surface area contributed by atoms with E-state index in [1.165, 1.54) is 12.1 Å². The van der Waals surface area contributed by atoms with E-state index >= 15 is 0 Å². The second kappa shape index (κ2) is 13.6. The summed E-state index contributed by atoms with van der Waals surface area (Å²) in [6, 6.07) is 28.0. The van der Waals surface area contributed by atoms with Crippen molar-refractivity contribution in [3.05, 3.63) is 125 Å². The van der Waals surface area contributed by atoms with Gasteiger partial charge in [0, 0.05) is 48.6 Å². The number of allylic oxidation sites excluding steroid dienone is 2. The van der Waals surface area contributed by atoms with Crippen LogP contribution >= 0.6 is 0 Å². The molecule has 1 aromatic heterocycles. The molecule has 1 aliphatic rings. The predicted molar refractivity (Wildman–Crippen MR) is 203 cm³/mol. The number of carbonyl (C=O) groups excluding carboxylic acids is 1. The number of hydrogen-bond acceptors (Lipinski definition) is 3. The van der Waals surface area contributed by atoms with Crippen LogP contribution in [0.5, 0.6) is 0 Å². The third-order valence-corrected chi connectivity index (χ3v) is 9.85. The van der Waals surface area contributed by atoms with Gasteiger partial charge in [-0.15, -0.1) is 35.4 Å². The number of carbonyl (C=O) groups is 1. The van der Waals surface area contributed by atoms with E-state index in [4.69, 9.17) is 0 Å². The zero-order chi connectivity index (χ0) is 37.3. The summed E-state index contributed by atoms with van der Waals surface area (Å²) in [5.74, 6) is 0.104. The molecule has 0 bridgehead atoms. The van der Waals surface area contributed by atoms with Crippen LogP contribution in [0.15, 0.2) is 96.9 Å². The summed E-state index contributed by atoms with van der Waals surface area (Å²) < 4.78 is 42.6. The molecule has 1 aliphatic carbocycles. The smallest absolute Gasteiger partial charge is 0.417 e. The average Bonchev–Trinajstić information content (AvgIpc) is 3.29. The fourth-order valence-corrected chi connectivity index (χ4v) is 6.97. The number of aliphatic hydroxyl groups is 1. The normalized spacial score (nSPS) is 14.0. The first-order chi connectivity index (χ1) is 23.7. The molecule has 52 heavy (non-hydrogen) atoms. The van der Waals surface area contributed by atoms with Crippen molar-refractivity contribution in [2.24, 2.45) is 10.8 Å². The first-order valence-corrected chi connectivity index (χ1v) is 17.1. The number of aromatic nitrogens is 1. The monoisotopic (exact) mass is 879 g/mol. The summed E-state index contributed by atoms with van der Waals surface area (Å²) in [6.45, 7) is 17.2. The maximum atomic E-state index is 14.2. The number of halogens is 3. The standard InChI is InChI=1S/C34H23F3N.C11H20O2.Ir/c1-19-7-6-8-20(17-19)32-26-13-12-25-21(22(26)15-16-38-32)11-14-27-30-24-10-5-4-9-23(24)28(34(35,36)37)18-29(30)33(2,3)31(25)27;1-10(2,3)8(12)7-9(13)11(4,5)6;/h4-7,9-18H,1-3H3;7,12H,1-6H3;/q-1;;/b;8-7-;. The number of alkyl halides is 3. The SMILES string of the molecule is CC(C)(C)C(=O)/C=C(\O)C(C)(C)C.Cc1cc[c-]c(-c2nccc3c2ccc2c4c(ccc23)-c2c(cc(C(F)(F)F)c3ccccc23)C4(C)C)c1.[Ir]. The van der Waals surface area contributed by atoms with E-state index in [0.717, 1.165) is 60.6 Å². The number of fused-ring (bicyclic) bond motifs is 9. The van der Waals surface area contributed by atoms with Gasteiger partial charge in [-0.1, -0.05) is 111 Å². The number of pyridine rings is 1. The molecule has 0 atom stereocenters. The van der Waals surface area contributed by atoms with Crippen molar-refractivity contribution in [3.8, 4) is 22.4 Å². The van der Waals surface area contributed by atoms with Crippen molar-refractivity contribution in [1.29, 1.82) is 0 Å². The Morgan fingerprint density at radius 3 is 2.02 bits per heavy atom. The van der Waals surface area contributed by atoms with Crippen molar-refractivity contribution < 1.29 is 43.2 Å². The van der Waals surface area contributed by atoms with Gasteiger partial charge in [-0.05, 0) is 72.4 Å². The number of ketones is 1. The van der Waals surface area contributed by atoms with Crippen LogP contribution < -0.4 is 0 Å². The van der Waals surface area contributed by atoms with E-state index in [9.17, 15) is 23.1 Å². The van der Waals surface area contributed by atoms with Crippen molar-refractivity contribution in [2.75, 3.05) is 0 Å². The summed E-state index contributed by atoms with van der Waals surface area (Å²) in [5.41, 5.74) is 4.69. The quantitative estimate of drug-likeness (QED) is 0.0816. The second-order valence-electron chi connectivity index (χ2n) is 16.1. The van der Waals surface area contributed by atoms with Crippen molar-refractivity contribution in [1.82, 2.24) is 4.98 Å². The van der Waals surface area contributed by atoms with E-state index in [2.05, 4.69) is 48.3 Å². The molecule has 0 saturated heterocycles. The molecule has 0 amide bonds. The van der Waals surface area contributed by atoms with Crippen molar-refractivity contribution in [2.45, 2.75) is 73.9 Å². The number of hydrogen-bond donors (Lipinski definition) is 1. The minimum atomic E-state index is -4.44. The molecular formula is C45H43F3IrNO2-. The molecule has 1 N–H and O–H groups in total. The van der Waals surface area contributed by atoms with Gasteiger partial charge in [0.15, 0.2) is 5.78 Å². The molecule has 7 rings (SSSR count). The van der Waals surface area contributed by atoms with E-state index in [1.807, 2.05) is 91.9 Å². The third-order valence-electron chi connectivity index (χ3n) is 9.85. The summed E-state index contributed by atoms with van der Waals surface area (Å²) in [4.78, 5) is 16.2. The Labute approximate surface area is 317 Å². The van der Waals surface area contributed by atoms with Crippen LogP contribution in [0.25, 0.3) is 54.7 Å². The summed E-state index contributed by atoms with van der Waals surface area (Å²) in [6.07, 6.45) is -1.28. The number of rotatable bonds is 2. The molecule has 1 heterocycles. The van der Waals surface area contributed by atoms with Gasteiger partial charge in [0.2, 0.25) is 0 Å². The van der Waals surface area contributed by atoms with Gasteiger partial charge in [-0.2, -0.15) is 13.2 Å². The molecule has 7 heteroatoms. The Kier molecular flexibility index (Phi) is 10.2. The van der Waals surface area contributed by atoms with Gasteiger partial charge in [0.1, 0.15) is 5.76 Å². The van der Waals surface area contributed by atoms with Crippen LogP contribution in [0.4, 0.5) is 13.2 Å². The van der Waals surface area contributed by atoms with Gasteiger partial charge < -0.3 is 10.1 Å². The molecule has 0 unspecified atom stereocenters. The minimum Gasteiger partial charge on any atom is -0.512 e. The molecule has 5 aromatic carbocycles. The van der Waals surface area contributed by atoms with E-state index < -0.39 is 22.6 Å². The number of benzene rings is 5. The summed E-state index contributed by atoms with van der Waals surface area (Å²) >= 11 is 0. The molecule has 271 valence electrons. The van der Waals surface area contributed by atoms with E-state index in [1.54, 1.807) is 12.1 Å². The predicted octanol–water partition coefficient (Wildman–Crippen LogP) is 12.7. The molecular weight excluding hydrogens is 836 g/mol. The Bertz CT molecular complexity index is 2390. The topological polar surface area (TPSA) is 50.2 Å². The Morgan fingerprint density at radius 2 is 1.40 bits per heavy atom. The molecule has 3 nitrogen and oxygen atoms in total. The molecule has 6 aromatic rings. The Balaban J connectivity index is 0.000000322. The van der Waals surface area contributed by atoms with Gasteiger partial charge in [-0.25, -0.2) is 0 Å². The zero-order valence-corrected chi connectivity index (χ0v) is 33.3. The first-order valence-electron chi connectivity index (χ1n) is 17.1. The third kappa shape index (κ3) is 6.93. The van der Waals surface area contributed by atoms with E-state index in [-0.39, 0.29) is 42.4 Å². The maximum absolute atomic E-state index is 14.2. The largest absolute Gasteiger partial charge is 0.512 e. The first kappa shape index (κ1) is 38.9. The van der Waals surface area contributed by atoms with Crippen LogP contribution in [0.3, 0.4) is 0 Å². The van der Waals surface area contributed by atoms with Crippen molar-refractivity contribution >= 4 is 38.1 Å². The second-order valence-corrected chi connectivity index (χ2v) is 16.1. The van der Waals surface area contributed by atoms with Crippen LogP contribution in [-0.2, 0) is 36.5 Å². The Morgan fingerprint density at radius 1 is 0.788 bits per heavy atom. The van der Waals surface area contributed by atoms with Gasteiger partial charge in [0.05, 0.1) is 5.56 Å². The van der Waals surface area contributed by atoms with Crippen LogP contribution in [0.2, 0.25) is 0 Å². The van der Waals surface area contributed by atoms with Gasteiger partial charge in [0.25, 0.3) is 0 Å². The van der Waals surface area contributed by atoms with Crippen LogP contribution in [0, 0.1) is 23.8 Å². The number of aryl methyl sites for hydroxylation is 1. The minimum absolute atomic E-state index is 0. The molecule has 0 spiro atoms.